The summed E-state index contributed by atoms with van der Waals surface area (Å²) in [6, 6.07) is 6.22. The molecule has 1 heterocycles. The van der Waals surface area contributed by atoms with Crippen molar-refractivity contribution in [1.29, 1.82) is 0 Å². The molecule has 0 radical (unpaired) electrons. The quantitative estimate of drug-likeness (QED) is 0.350. The largest absolute Gasteiger partial charge is 0.488 e. The molecule has 7 nitrogen and oxygen atoms in total. The molecule has 0 atom stereocenters. The molecule has 2 N–H and O–H groups in total. The predicted molar refractivity (Wildman–Crippen MR) is 127 cm³/mol. The Kier molecular flexibility index (Phi) is 8.92. The molecule has 1 aromatic heterocycles. The Morgan fingerprint density at radius 1 is 1.10 bits per heavy atom. The molecule has 0 spiro atoms. The van der Waals surface area contributed by atoms with Crippen molar-refractivity contribution in [3.05, 3.63) is 41.0 Å². The molecule has 2 aromatic rings. The topological polar surface area (TPSA) is 84.6 Å². The lowest BCUT2D eigenvalue weighted by Crippen LogP contribution is -2.36. The fourth-order valence-electron chi connectivity index (χ4n) is 2.43. The van der Waals surface area contributed by atoms with E-state index in [4.69, 9.17) is 9.26 Å². The summed E-state index contributed by atoms with van der Waals surface area (Å²) in [6.45, 7) is 15.3. The van der Waals surface area contributed by atoms with Gasteiger partial charge in [-0.1, -0.05) is 38.1 Å². The van der Waals surface area contributed by atoms with Crippen LogP contribution in [0.25, 0.3) is 0 Å². The Bertz CT molecular complexity index is 819. The molecular formula is C21H34IN5O2. The van der Waals surface area contributed by atoms with Gasteiger partial charge in [0.25, 0.3) is 0 Å². The third-order valence-electron chi connectivity index (χ3n) is 3.83. The van der Waals surface area contributed by atoms with E-state index in [1.165, 1.54) is 0 Å². The first-order valence-electron chi connectivity index (χ1n) is 9.54. The van der Waals surface area contributed by atoms with Gasteiger partial charge in [0.2, 0.25) is 5.89 Å². The summed E-state index contributed by atoms with van der Waals surface area (Å²) in [5.74, 6) is 2.75. The molecule has 0 aliphatic heterocycles. The van der Waals surface area contributed by atoms with Crippen molar-refractivity contribution in [1.82, 2.24) is 20.8 Å². The van der Waals surface area contributed by atoms with E-state index in [0.717, 1.165) is 16.9 Å². The Morgan fingerprint density at radius 2 is 1.76 bits per heavy atom. The van der Waals surface area contributed by atoms with Crippen LogP contribution < -0.4 is 15.4 Å². The lowest BCUT2D eigenvalue weighted by molar-refractivity contribution is 0.129. The summed E-state index contributed by atoms with van der Waals surface area (Å²) in [4.78, 5) is 8.69. The second-order valence-corrected chi connectivity index (χ2v) is 8.87. The molecular weight excluding hydrogens is 481 g/mol. The zero-order valence-electron chi connectivity index (χ0n) is 18.7. The normalized spacial score (nSPS) is 12.3. The average Bonchev–Trinajstić information content (AvgIpc) is 3.04. The predicted octanol–water partition coefficient (Wildman–Crippen LogP) is 4.34. The molecule has 0 saturated carbocycles. The van der Waals surface area contributed by atoms with Crippen LogP contribution in [0.5, 0.6) is 5.75 Å². The highest BCUT2D eigenvalue weighted by Gasteiger charge is 2.21. The maximum absolute atomic E-state index is 6.11. The number of ether oxygens (including phenoxy) is 1. The van der Waals surface area contributed by atoms with Gasteiger partial charge >= 0.3 is 0 Å². The van der Waals surface area contributed by atoms with E-state index in [0.29, 0.717) is 30.8 Å². The Hall–Kier alpha value is -1.84. The number of rotatable bonds is 5. The molecule has 1 aromatic carbocycles. The van der Waals surface area contributed by atoms with Gasteiger partial charge in [-0.2, -0.15) is 4.98 Å². The zero-order chi connectivity index (χ0) is 20.9. The number of guanidine groups is 1. The van der Waals surface area contributed by atoms with Crippen molar-refractivity contribution >= 4 is 29.9 Å². The molecule has 0 amide bonds. The zero-order valence-corrected chi connectivity index (χ0v) is 21.0. The van der Waals surface area contributed by atoms with Crippen molar-refractivity contribution in [2.75, 3.05) is 7.05 Å². The van der Waals surface area contributed by atoms with Crippen LogP contribution in [0.1, 0.15) is 64.4 Å². The molecule has 0 aliphatic rings. The number of nitrogens with one attached hydrogen (secondary N) is 2. The number of aryl methyl sites for hydroxylation is 1. The number of aromatic nitrogens is 2. The Labute approximate surface area is 191 Å². The van der Waals surface area contributed by atoms with Gasteiger partial charge in [0.15, 0.2) is 11.8 Å². The van der Waals surface area contributed by atoms with E-state index in [1.54, 1.807) is 7.05 Å². The van der Waals surface area contributed by atoms with Gasteiger partial charge < -0.3 is 19.9 Å². The first-order valence-corrected chi connectivity index (χ1v) is 9.54. The number of halogens is 1. The summed E-state index contributed by atoms with van der Waals surface area (Å²) < 4.78 is 11.4. The first kappa shape index (κ1) is 25.2. The summed E-state index contributed by atoms with van der Waals surface area (Å²) in [5, 5.41) is 10.5. The van der Waals surface area contributed by atoms with Crippen molar-refractivity contribution in [2.45, 2.75) is 72.6 Å². The lowest BCUT2D eigenvalue weighted by Gasteiger charge is -2.24. The van der Waals surface area contributed by atoms with E-state index in [1.807, 2.05) is 41.5 Å². The van der Waals surface area contributed by atoms with Gasteiger partial charge in [0.05, 0.1) is 6.54 Å². The van der Waals surface area contributed by atoms with Crippen molar-refractivity contribution in [2.24, 2.45) is 4.99 Å². The highest BCUT2D eigenvalue weighted by Crippen LogP contribution is 2.24. The van der Waals surface area contributed by atoms with E-state index < -0.39 is 0 Å². The highest BCUT2D eigenvalue weighted by atomic mass is 127. The minimum absolute atomic E-state index is 0. The van der Waals surface area contributed by atoms with Gasteiger partial charge in [-0.3, -0.25) is 4.99 Å². The average molecular weight is 515 g/mol. The van der Waals surface area contributed by atoms with Crippen LogP contribution in [0.2, 0.25) is 0 Å². The monoisotopic (exact) mass is 515 g/mol. The number of aliphatic imine (C=N–C) groups is 1. The van der Waals surface area contributed by atoms with E-state index in [2.05, 4.69) is 50.9 Å². The lowest BCUT2D eigenvalue weighted by atomic mass is 9.97. The molecule has 0 bridgehead atoms. The van der Waals surface area contributed by atoms with Crippen LogP contribution >= 0.6 is 24.0 Å². The van der Waals surface area contributed by atoms with E-state index >= 15 is 0 Å². The van der Waals surface area contributed by atoms with Gasteiger partial charge in [0, 0.05) is 24.6 Å². The van der Waals surface area contributed by atoms with Crippen molar-refractivity contribution in [3.63, 3.8) is 0 Å². The minimum Gasteiger partial charge on any atom is -0.488 e. The highest BCUT2D eigenvalue weighted by molar-refractivity contribution is 14.0. The summed E-state index contributed by atoms with van der Waals surface area (Å²) >= 11 is 0. The van der Waals surface area contributed by atoms with Gasteiger partial charge in [0.1, 0.15) is 11.4 Å². The number of hydrogen-bond donors (Lipinski definition) is 2. The van der Waals surface area contributed by atoms with E-state index in [9.17, 15) is 0 Å². The van der Waals surface area contributed by atoms with Crippen LogP contribution in [0.3, 0.4) is 0 Å². The SMILES string of the molecule is CN=C(NCc1noc(C(C)(C)C)n1)NCc1ccc(C)cc1OC(C)(C)C.I. The minimum atomic E-state index is -0.258. The fourth-order valence-corrected chi connectivity index (χ4v) is 2.43. The maximum Gasteiger partial charge on any atom is 0.232 e. The molecule has 0 unspecified atom stereocenters. The first-order chi connectivity index (χ1) is 13.0. The van der Waals surface area contributed by atoms with Crippen LogP contribution in [0.4, 0.5) is 0 Å². The summed E-state index contributed by atoms with van der Waals surface area (Å²) in [7, 11) is 1.73. The third-order valence-corrected chi connectivity index (χ3v) is 3.83. The smallest absolute Gasteiger partial charge is 0.232 e. The molecule has 8 heteroatoms. The van der Waals surface area contributed by atoms with Crippen LogP contribution in [0, 0.1) is 6.92 Å². The molecule has 2 rings (SSSR count). The van der Waals surface area contributed by atoms with Gasteiger partial charge in [-0.25, -0.2) is 0 Å². The standard InChI is InChI=1S/C21H33N5O2.HI/c1-14-9-10-15(16(11-14)27-21(5,6)7)12-23-19(22-8)24-13-17-25-18(28-26-17)20(2,3)4;/h9-11H,12-13H2,1-8H3,(H2,22,23,24);1H. The van der Waals surface area contributed by atoms with Crippen LogP contribution in [-0.2, 0) is 18.5 Å². The second-order valence-electron chi connectivity index (χ2n) is 8.87. The number of nitrogens with zero attached hydrogens (tertiary/aromatic N) is 3. The molecule has 29 heavy (non-hydrogen) atoms. The number of benzene rings is 1. The number of hydrogen-bond acceptors (Lipinski definition) is 5. The van der Waals surface area contributed by atoms with Crippen molar-refractivity contribution in [3.8, 4) is 5.75 Å². The Balaban J connectivity index is 0.00000420. The maximum atomic E-state index is 6.11. The summed E-state index contributed by atoms with van der Waals surface area (Å²) in [5.41, 5.74) is 1.81. The van der Waals surface area contributed by atoms with Crippen LogP contribution in [0.15, 0.2) is 27.7 Å². The third kappa shape index (κ3) is 8.20. The molecule has 162 valence electrons. The van der Waals surface area contributed by atoms with Crippen LogP contribution in [-0.4, -0.2) is 28.7 Å². The second kappa shape index (κ2) is 10.3. The molecule has 0 fully saturated rings. The molecule has 0 saturated heterocycles. The molecule has 0 aliphatic carbocycles. The van der Waals surface area contributed by atoms with E-state index in [-0.39, 0.29) is 35.0 Å². The summed E-state index contributed by atoms with van der Waals surface area (Å²) in [6.07, 6.45) is 0. The van der Waals surface area contributed by atoms with Crippen molar-refractivity contribution < 1.29 is 9.26 Å². The fraction of sp³-hybridized carbons (Fsp3) is 0.571. The Morgan fingerprint density at radius 3 is 2.31 bits per heavy atom. The van der Waals surface area contributed by atoms with Gasteiger partial charge in [-0.05, 0) is 39.3 Å². The van der Waals surface area contributed by atoms with Gasteiger partial charge in [-0.15, -0.1) is 24.0 Å².